The van der Waals surface area contributed by atoms with Crippen molar-refractivity contribution in [2.75, 3.05) is 20.1 Å². The molecule has 1 heterocycles. The van der Waals surface area contributed by atoms with Crippen LogP contribution in [0.2, 0.25) is 0 Å². The Morgan fingerprint density at radius 2 is 2.19 bits per heavy atom. The second-order valence-electron chi connectivity index (χ2n) is 5.14. The summed E-state index contributed by atoms with van der Waals surface area (Å²) in [5.74, 6) is 1.02. The monoisotopic (exact) mass is 226 g/mol. The number of hydrogen-bond acceptors (Lipinski definition) is 2. The van der Waals surface area contributed by atoms with E-state index in [4.69, 9.17) is 0 Å². The Labute approximate surface area is 99.6 Å². The van der Waals surface area contributed by atoms with Crippen molar-refractivity contribution in [1.29, 1.82) is 0 Å². The number of hydrogen-bond donors (Lipinski definition) is 1. The van der Waals surface area contributed by atoms with Crippen molar-refractivity contribution in [1.82, 2.24) is 10.2 Å². The first-order valence-corrected chi connectivity index (χ1v) is 6.57. The molecule has 94 valence electrons. The Balaban J connectivity index is 2.51. The number of likely N-dealkylation sites (tertiary alicyclic amines) is 1. The lowest BCUT2D eigenvalue weighted by Crippen LogP contribution is -2.52. The zero-order valence-electron chi connectivity index (χ0n) is 11.1. The van der Waals surface area contributed by atoms with Crippen molar-refractivity contribution in [2.24, 2.45) is 11.8 Å². The molecule has 0 aromatic heterocycles. The molecule has 16 heavy (non-hydrogen) atoms. The summed E-state index contributed by atoms with van der Waals surface area (Å²) >= 11 is 0. The Morgan fingerprint density at radius 1 is 1.50 bits per heavy atom. The maximum absolute atomic E-state index is 11.9. The molecule has 0 aromatic rings. The van der Waals surface area contributed by atoms with E-state index in [2.05, 4.69) is 31.1 Å². The summed E-state index contributed by atoms with van der Waals surface area (Å²) in [6.07, 6.45) is 3.29. The highest BCUT2D eigenvalue weighted by molar-refractivity contribution is 5.78. The first-order chi connectivity index (χ1) is 7.58. The van der Waals surface area contributed by atoms with E-state index in [0.717, 1.165) is 19.5 Å². The molecule has 0 spiro atoms. The number of likely N-dealkylation sites (N-methyl/N-ethyl adjacent to an activating group) is 1. The molecule has 1 aliphatic heterocycles. The first-order valence-electron chi connectivity index (χ1n) is 6.57. The molecule has 3 nitrogen and oxygen atoms in total. The minimum absolute atomic E-state index is 0.143. The molecule has 0 aliphatic carbocycles. The lowest BCUT2D eigenvalue weighted by atomic mass is 9.89. The van der Waals surface area contributed by atoms with Crippen molar-refractivity contribution >= 4 is 5.91 Å². The van der Waals surface area contributed by atoms with Crippen molar-refractivity contribution < 1.29 is 4.79 Å². The number of nitrogens with zero attached hydrogens (tertiary/aromatic N) is 1. The van der Waals surface area contributed by atoms with Gasteiger partial charge in [0.15, 0.2) is 0 Å². The van der Waals surface area contributed by atoms with Crippen LogP contribution in [0.5, 0.6) is 0 Å². The normalized spacial score (nSPS) is 28.8. The minimum atomic E-state index is 0.143. The van der Waals surface area contributed by atoms with Crippen LogP contribution in [0.3, 0.4) is 0 Å². The second kappa shape index (κ2) is 6.24. The van der Waals surface area contributed by atoms with Gasteiger partial charge in [0.05, 0.1) is 0 Å². The van der Waals surface area contributed by atoms with Crippen LogP contribution in [-0.2, 0) is 4.79 Å². The fourth-order valence-electron chi connectivity index (χ4n) is 2.33. The number of carbonyl (C=O) groups excluding carboxylic acids is 1. The Hall–Kier alpha value is -0.570. The smallest absolute Gasteiger partial charge is 0.223 e. The highest BCUT2D eigenvalue weighted by Crippen LogP contribution is 2.20. The van der Waals surface area contributed by atoms with Gasteiger partial charge in [-0.15, -0.1) is 0 Å². The van der Waals surface area contributed by atoms with Crippen LogP contribution in [0.4, 0.5) is 0 Å². The predicted molar refractivity (Wildman–Crippen MR) is 67.3 cm³/mol. The topological polar surface area (TPSA) is 32.3 Å². The largest absolute Gasteiger partial charge is 0.352 e. The van der Waals surface area contributed by atoms with Gasteiger partial charge in [-0.05, 0) is 32.4 Å². The average molecular weight is 226 g/mol. The molecule has 3 unspecified atom stereocenters. The average Bonchev–Trinajstić information content (AvgIpc) is 2.28. The minimum Gasteiger partial charge on any atom is -0.352 e. The quantitative estimate of drug-likeness (QED) is 0.794. The maximum atomic E-state index is 11.9. The lowest BCUT2D eigenvalue weighted by Gasteiger charge is -2.37. The molecule has 3 atom stereocenters. The van der Waals surface area contributed by atoms with Gasteiger partial charge in [-0.25, -0.2) is 0 Å². The van der Waals surface area contributed by atoms with Gasteiger partial charge in [0, 0.05) is 18.5 Å². The number of nitrogens with one attached hydrogen (secondary N) is 1. The molecule has 1 fully saturated rings. The lowest BCUT2D eigenvalue weighted by molar-refractivity contribution is -0.126. The molecular weight excluding hydrogens is 200 g/mol. The number of amides is 1. The van der Waals surface area contributed by atoms with Gasteiger partial charge >= 0.3 is 0 Å². The van der Waals surface area contributed by atoms with Crippen LogP contribution in [0.1, 0.15) is 40.0 Å². The molecule has 1 saturated heterocycles. The van der Waals surface area contributed by atoms with Gasteiger partial charge in [0.25, 0.3) is 0 Å². The number of piperidine rings is 1. The van der Waals surface area contributed by atoms with Gasteiger partial charge in [-0.1, -0.05) is 27.2 Å². The highest BCUT2D eigenvalue weighted by atomic mass is 16.1. The fourth-order valence-corrected chi connectivity index (χ4v) is 2.33. The van der Waals surface area contributed by atoms with E-state index in [1.54, 1.807) is 0 Å². The molecule has 0 aromatic carbocycles. The van der Waals surface area contributed by atoms with E-state index in [0.29, 0.717) is 12.0 Å². The van der Waals surface area contributed by atoms with Gasteiger partial charge in [0.2, 0.25) is 5.91 Å². The molecule has 1 rings (SSSR count). The fraction of sp³-hybridized carbons (Fsp3) is 0.923. The highest BCUT2D eigenvalue weighted by Gasteiger charge is 2.28. The summed E-state index contributed by atoms with van der Waals surface area (Å²) in [5, 5.41) is 3.22. The van der Waals surface area contributed by atoms with Crippen molar-refractivity contribution in [3.05, 3.63) is 0 Å². The summed E-state index contributed by atoms with van der Waals surface area (Å²) in [4.78, 5) is 14.2. The Bertz CT molecular complexity index is 230. The molecular formula is C13H26N2O. The Morgan fingerprint density at radius 3 is 2.75 bits per heavy atom. The Kier molecular flexibility index (Phi) is 5.26. The predicted octanol–water partition coefficient (Wildman–Crippen LogP) is 1.88. The van der Waals surface area contributed by atoms with Gasteiger partial charge < -0.3 is 10.2 Å². The first kappa shape index (κ1) is 13.5. The number of rotatable bonds is 4. The van der Waals surface area contributed by atoms with E-state index in [-0.39, 0.29) is 11.8 Å². The van der Waals surface area contributed by atoms with Crippen LogP contribution >= 0.6 is 0 Å². The van der Waals surface area contributed by atoms with E-state index >= 15 is 0 Å². The molecule has 1 amide bonds. The van der Waals surface area contributed by atoms with Crippen LogP contribution < -0.4 is 5.32 Å². The standard InChI is InChI=1S/C13H26N2O/c1-5-10(3)13(16)14-12-9-15(4)8-7-11(12)6-2/h10-12H,5-9H2,1-4H3,(H,14,16). The third-order valence-corrected chi connectivity index (χ3v) is 3.87. The summed E-state index contributed by atoms with van der Waals surface area (Å²) in [7, 11) is 2.13. The molecule has 1 N–H and O–H groups in total. The number of carbonyl (C=O) groups is 1. The summed E-state index contributed by atoms with van der Waals surface area (Å²) in [5.41, 5.74) is 0. The molecule has 3 heteroatoms. The maximum Gasteiger partial charge on any atom is 0.223 e. The molecule has 0 saturated carbocycles. The van der Waals surface area contributed by atoms with Crippen LogP contribution in [0.25, 0.3) is 0 Å². The van der Waals surface area contributed by atoms with Gasteiger partial charge in [-0.2, -0.15) is 0 Å². The van der Waals surface area contributed by atoms with E-state index in [1.165, 1.54) is 12.8 Å². The summed E-state index contributed by atoms with van der Waals surface area (Å²) < 4.78 is 0. The third-order valence-electron chi connectivity index (χ3n) is 3.87. The summed E-state index contributed by atoms with van der Waals surface area (Å²) in [6.45, 7) is 8.45. The molecule has 0 bridgehead atoms. The molecule has 1 aliphatic rings. The van der Waals surface area contributed by atoms with E-state index in [1.807, 2.05) is 6.92 Å². The van der Waals surface area contributed by atoms with Crippen molar-refractivity contribution in [3.8, 4) is 0 Å². The molecule has 0 radical (unpaired) electrons. The SMILES string of the molecule is CCC(C)C(=O)NC1CN(C)CCC1CC. The van der Waals surface area contributed by atoms with Crippen molar-refractivity contribution in [2.45, 2.75) is 46.1 Å². The van der Waals surface area contributed by atoms with Crippen LogP contribution in [0, 0.1) is 11.8 Å². The zero-order chi connectivity index (χ0) is 12.1. The zero-order valence-corrected chi connectivity index (χ0v) is 11.1. The van der Waals surface area contributed by atoms with E-state index < -0.39 is 0 Å². The second-order valence-corrected chi connectivity index (χ2v) is 5.14. The van der Waals surface area contributed by atoms with Gasteiger partial charge in [-0.3, -0.25) is 4.79 Å². The third kappa shape index (κ3) is 3.48. The van der Waals surface area contributed by atoms with Crippen LogP contribution in [-0.4, -0.2) is 37.0 Å². The summed E-state index contributed by atoms with van der Waals surface area (Å²) in [6, 6.07) is 0.352. The van der Waals surface area contributed by atoms with Crippen molar-refractivity contribution in [3.63, 3.8) is 0 Å². The van der Waals surface area contributed by atoms with Gasteiger partial charge in [0.1, 0.15) is 0 Å². The van der Waals surface area contributed by atoms with E-state index in [9.17, 15) is 4.79 Å². The van der Waals surface area contributed by atoms with Crippen LogP contribution in [0.15, 0.2) is 0 Å².